The summed E-state index contributed by atoms with van der Waals surface area (Å²) in [6.45, 7) is 1.68. The summed E-state index contributed by atoms with van der Waals surface area (Å²) in [5, 5.41) is 9.37. The fraction of sp³-hybridized carbons (Fsp3) is 0.182. The van der Waals surface area contributed by atoms with Crippen molar-refractivity contribution in [1.82, 2.24) is 25.1 Å². The number of aromatic nitrogens is 4. The first-order valence-electron chi connectivity index (χ1n) is 9.98. The molecule has 4 aromatic rings. The van der Waals surface area contributed by atoms with Crippen LogP contribution in [-0.4, -0.2) is 38.1 Å². The number of carbonyl (C=O) groups is 1. The van der Waals surface area contributed by atoms with Crippen LogP contribution in [0.2, 0.25) is 5.02 Å². The predicted octanol–water partition coefficient (Wildman–Crippen LogP) is 5.23. The molecule has 176 valence electrons. The lowest BCUT2D eigenvalue weighted by Gasteiger charge is -2.26. The van der Waals surface area contributed by atoms with Gasteiger partial charge in [-0.15, -0.1) is 0 Å². The molecular formula is C22H18ClF3N6O2. The van der Waals surface area contributed by atoms with Gasteiger partial charge in [0.05, 0.1) is 11.1 Å². The summed E-state index contributed by atoms with van der Waals surface area (Å²) in [6, 6.07) is 4.66. The number of amides is 2. The van der Waals surface area contributed by atoms with Gasteiger partial charge < -0.3 is 15.0 Å². The van der Waals surface area contributed by atoms with Gasteiger partial charge in [-0.3, -0.25) is 5.10 Å². The highest BCUT2D eigenvalue weighted by molar-refractivity contribution is 6.31. The Balaban J connectivity index is 1.63. The van der Waals surface area contributed by atoms with Crippen LogP contribution in [0, 0.1) is 17.5 Å². The maximum Gasteiger partial charge on any atom is 0.322 e. The highest BCUT2D eigenvalue weighted by Crippen LogP contribution is 2.34. The molecular weight excluding hydrogens is 473 g/mol. The van der Waals surface area contributed by atoms with Gasteiger partial charge in [0, 0.05) is 29.9 Å². The van der Waals surface area contributed by atoms with Crippen LogP contribution < -0.4 is 10.1 Å². The summed E-state index contributed by atoms with van der Waals surface area (Å²) >= 11 is 5.77. The zero-order valence-electron chi connectivity index (χ0n) is 17.9. The number of hydrogen-bond donors (Lipinski definition) is 2. The fourth-order valence-corrected chi connectivity index (χ4v) is 3.47. The molecule has 0 aliphatic rings. The molecule has 0 fully saturated rings. The van der Waals surface area contributed by atoms with E-state index < -0.39 is 29.5 Å². The molecule has 0 aliphatic heterocycles. The van der Waals surface area contributed by atoms with Crippen LogP contribution in [0.1, 0.15) is 24.4 Å². The number of halogens is 4. The van der Waals surface area contributed by atoms with Crippen molar-refractivity contribution in [3.63, 3.8) is 0 Å². The van der Waals surface area contributed by atoms with E-state index in [1.54, 1.807) is 6.92 Å². The Hall–Kier alpha value is -3.86. The van der Waals surface area contributed by atoms with Crippen molar-refractivity contribution < 1.29 is 22.7 Å². The largest absolute Gasteiger partial charge is 0.469 e. The lowest BCUT2D eigenvalue weighted by atomic mass is 10.0. The summed E-state index contributed by atoms with van der Waals surface area (Å²) in [6.07, 6.45) is 2.74. The van der Waals surface area contributed by atoms with Crippen LogP contribution in [0.25, 0.3) is 10.8 Å². The van der Waals surface area contributed by atoms with Crippen LogP contribution in [0.15, 0.2) is 42.9 Å². The Morgan fingerprint density at radius 2 is 1.88 bits per heavy atom. The van der Waals surface area contributed by atoms with Gasteiger partial charge in [-0.25, -0.2) is 27.9 Å². The van der Waals surface area contributed by atoms with E-state index in [-0.39, 0.29) is 22.9 Å². The van der Waals surface area contributed by atoms with Crippen molar-refractivity contribution in [2.75, 3.05) is 12.4 Å². The van der Waals surface area contributed by atoms with Crippen molar-refractivity contribution in [2.24, 2.45) is 0 Å². The first kappa shape index (κ1) is 23.3. The molecule has 0 saturated carbocycles. The number of pyridine rings is 1. The third kappa shape index (κ3) is 4.74. The molecule has 1 unspecified atom stereocenters. The molecule has 0 radical (unpaired) electrons. The first-order chi connectivity index (χ1) is 16.2. The minimum absolute atomic E-state index is 0.0153. The van der Waals surface area contributed by atoms with Crippen LogP contribution in [0.4, 0.5) is 23.7 Å². The molecule has 2 amide bonds. The summed E-state index contributed by atoms with van der Waals surface area (Å²) < 4.78 is 47.2. The fourth-order valence-electron chi connectivity index (χ4n) is 3.28. The van der Waals surface area contributed by atoms with Gasteiger partial charge in [0.25, 0.3) is 0 Å². The Labute approximate surface area is 196 Å². The van der Waals surface area contributed by atoms with Crippen molar-refractivity contribution >= 4 is 34.1 Å². The topological polar surface area (TPSA) is 96.0 Å². The monoisotopic (exact) mass is 490 g/mol. The Morgan fingerprint density at radius 3 is 2.56 bits per heavy atom. The van der Waals surface area contributed by atoms with Gasteiger partial charge in [0.1, 0.15) is 18.8 Å². The molecule has 0 bridgehead atoms. The number of hydrogen-bond acceptors (Lipinski definition) is 5. The summed E-state index contributed by atoms with van der Waals surface area (Å²) in [5.41, 5.74) is 0.749. The molecule has 0 saturated heterocycles. The smallest absolute Gasteiger partial charge is 0.322 e. The average Bonchev–Trinajstić information content (AvgIpc) is 3.33. The Bertz CT molecular complexity index is 1350. The van der Waals surface area contributed by atoms with E-state index in [0.717, 1.165) is 18.2 Å². The maximum atomic E-state index is 14.2. The van der Waals surface area contributed by atoms with Gasteiger partial charge in [-0.1, -0.05) is 11.6 Å². The zero-order valence-corrected chi connectivity index (χ0v) is 18.7. The number of aromatic amines is 1. The number of fused-ring (bicyclic) bond motifs is 1. The van der Waals surface area contributed by atoms with Gasteiger partial charge in [0.15, 0.2) is 17.5 Å². The lowest BCUT2D eigenvalue weighted by molar-refractivity contribution is 0.208. The molecule has 8 nitrogen and oxygen atoms in total. The second kappa shape index (κ2) is 9.56. The number of carbonyl (C=O) groups excluding carboxylic acids is 1. The van der Waals surface area contributed by atoms with Crippen LogP contribution >= 0.6 is 11.6 Å². The standard InChI is InChI=1S/C22H18ClF3N6O2/c1-11(32(2)22(33)30-12-3-4-17(24)16(23)5-12)15-8-27-21(34-9-20-28-10-29-31-20)14-7-19(26)18(25)6-13(14)15/h3-8,10-11H,9H2,1-2H3,(H,30,33)(H,28,29,31). The molecule has 12 heteroatoms. The zero-order chi connectivity index (χ0) is 24.4. The van der Waals surface area contributed by atoms with E-state index in [1.807, 2.05) is 0 Å². The number of urea groups is 1. The molecule has 2 aromatic carbocycles. The number of anilines is 1. The maximum absolute atomic E-state index is 14.2. The average molecular weight is 491 g/mol. The SMILES string of the molecule is CC(c1cnc(OCc2ncn[nH]2)c2cc(F)c(F)cc12)N(C)C(=O)Nc1ccc(F)c(Cl)c1. The number of benzene rings is 2. The second-order valence-corrected chi connectivity index (χ2v) is 7.80. The van der Waals surface area contributed by atoms with Crippen molar-refractivity contribution in [3.8, 4) is 5.88 Å². The highest BCUT2D eigenvalue weighted by atomic mass is 35.5. The van der Waals surface area contributed by atoms with Gasteiger partial charge in [-0.2, -0.15) is 5.10 Å². The molecule has 0 aliphatic carbocycles. The first-order valence-corrected chi connectivity index (χ1v) is 10.4. The third-order valence-corrected chi connectivity index (χ3v) is 5.55. The summed E-state index contributed by atoms with van der Waals surface area (Å²) in [7, 11) is 1.52. The molecule has 1 atom stereocenters. The van der Waals surface area contributed by atoms with Crippen LogP contribution in [-0.2, 0) is 6.61 Å². The molecule has 2 heterocycles. The molecule has 4 rings (SSSR count). The molecule has 34 heavy (non-hydrogen) atoms. The number of ether oxygens (including phenoxy) is 1. The normalized spacial score (nSPS) is 11.9. The molecule has 2 aromatic heterocycles. The quantitative estimate of drug-likeness (QED) is 0.386. The third-order valence-electron chi connectivity index (χ3n) is 5.26. The Morgan fingerprint density at radius 1 is 1.15 bits per heavy atom. The summed E-state index contributed by atoms with van der Waals surface area (Å²) in [4.78, 5) is 22.3. The van der Waals surface area contributed by atoms with Gasteiger partial charge >= 0.3 is 6.03 Å². The number of nitrogens with one attached hydrogen (secondary N) is 2. The van der Waals surface area contributed by atoms with E-state index >= 15 is 0 Å². The van der Waals surface area contributed by atoms with E-state index in [0.29, 0.717) is 22.5 Å². The van der Waals surface area contributed by atoms with Crippen molar-refractivity contribution in [3.05, 3.63) is 76.7 Å². The lowest BCUT2D eigenvalue weighted by Crippen LogP contribution is -2.33. The van der Waals surface area contributed by atoms with Crippen LogP contribution in [0.3, 0.4) is 0 Å². The van der Waals surface area contributed by atoms with Gasteiger partial charge in [-0.05, 0) is 42.6 Å². The van der Waals surface area contributed by atoms with Crippen LogP contribution in [0.5, 0.6) is 5.88 Å². The number of H-pyrrole nitrogens is 1. The second-order valence-electron chi connectivity index (χ2n) is 7.40. The molecule has 2 N–H and O–H groups in total. The van der Waals surface area contributed by atoms with E-state index in [9.17, 15) is 18.0 Å². The van der Waals surface area contributed by atoms with Gasteiger partial charge in [0.2, 0.25) is 5.88 Å². The number of nitrogens with zero attached hydrogens (tertiary/aromatic N) is 4. The summed E-state index contributed by atoms with van der Waals surface area (Å²) in [5.74, 6) is -2.25. The molecule has 0 spiro atoms. The van der Waals surface area contributed by atoms with E-state index in [4.69, 9.17) is 16.3 Å². The predicted molar refractivity (Wildman–Crippen MR) is 119 cm³/mol. The van der Waals surface area contributed by atoms with E-state index in [2.05, 4.69) is 25.5 Å². The van der Waals surface area contributed by atoms with E-state index in [1.165, 1.54) is 36.6 Å². The minimum atomic E-state index is -1.07. The Kier molecular flexibility index (Phi) is 6.55. The van der Waals surface area contributed by atoms with Crippen molar-refractivity contribution in [1.29, 1.82) is 0 Å². The van der Waals surface area contributed by atoms with Crippen molar-refractivity contribution in [2.45, 2.75) is 19.6 Å². The minimum Gasteiger partial charge on any atom is -0.469 e. The highest BCUT2D eigenvalue weighted by Gasteiger charge is 2.23. The number of rotatable bonds is 6.